The smallest absolute Gasteiger partial charge is 0.255 e. The minimum atomic E-state index is -1.03. The number of anilines is 1. The van der Waals surface area contributed by atoms with E-state index in [1.54, 1.807) is 0 Å². The maximum absolute atomic E-state index is 13.4. The summed E-state index contributed by atoms with van der Waals surface area (Å²) in [6.45, 7) is 0. The second kappa shape index (κ2) is 6.78. The number of nitrogens with one attached hydrogen (secondary N) is 2. The first kappa shape index (κ1) is 17.7. The van der Waals surface area contributed by atoms with Crippen LogP contribution in [-0.4, -0.2) is 35.9 Å². The van der Waals surface area contributed by atoms with Crippen molar-refractivity contribution in [2.75, 3.05) is 19.4 Å². The average Bonchev–Trinajstić information content (AvgIpc) is 3.01. The Balaban J connectivity index is 1.62. The zero-order chi connectivity index (χ0) is 19.1. The van der Waals surface area contributed by atoms with Gasteiger partial charge in [0, 0.05) is 33.9 Å². The molecule has 0 bridgehead atoms. The van der Waals surface area contributed by atoms with Crippen LogP contribution < -0.4 is 5.32 Å². The van der Waals surface area contributed by atoms with E-state index in [0.29, 0.717) is 11.7 Å². The number of aromatic nitrogens is 1. The highest BCUT2D eigenvalue weighted by Gasteiger charge is 2.24. The van der Waals surface area contributed by atoms with Crippen molar-refractivity contribution < 1.29 is 13.6 Å². The molecule has 2 N–H and O–H groups in total. The van der Waals surface area contributed by atoms with Crippen LogP contribution in [0.4, 0.5) is 14.5 Å². The third kappa shape index (κ3) is 3.32. The van der Waals surface area contributed by atoms with Gasteiger partial charge in [-0.1, -0.05) is 0 Å². The molecule has 0 aliphatic heterocycles. The van der Waals surface area contributed by atoms with E-state index >= 15 is 0 Å². The van der Waals surface area contributed by atoms with Gasteiger partial charge in [0.05, 0.1) is 0 Å². The molecule has 1 aliphatic rings. The fourth-order valence-corrected chi connectivity index (χ4v) is 3.76. The van der Waals surface area contributed by atoms with E-state index in [-0.39, 0.29) is 5.56 Å². The molecule has 27 heavy (non-hydrogen) atoms. The molecule has 1 aliphatic carbocycles. The maximum Gasteiger partial charge on any atom is 0.255 e. The first-order valence-electron chi connectivity index (χ1n) is 8.98. The van der Waals surface area contributed by atoms with Crippen molar-refractivity contribution in [1.82, 2.24) is 9.88 Å². The topological polar surface area (TPSA) is 48.1 Å². The van der Waals surface area contributed by atoms with Crippen molar-refractivity contribution in [3.05, 3.63) is 64.9 Å². The number of hydrogen-bond donors (Lipinski definition) is 2. The Morgan fingerprint density at radius 3 is 2.70 bits per heavy atom. The van der Waals surface area contributed by atoms with Crippen molar-refractivity contribution in [1.29, 1.82) is 0 Å². The Morgan fingerprint density at radius 1 is 1.15 bits per heavy atom. The number of carbonyl (C=O) groups excluding carboxylic acids is 1. The maximum atomic E-state index is 13.4. The van der Waals surface area contributed by atoms with Gasteiger partial charge in [0.2, 0.25) is 0 Å². The Bertz CT molecular complexity index is 1030. The summed E-state index contributed by atoms with van der Waals surface area (Å²) in [5, 5.41) is 3.87. The number of H-pyrrole nitrogens is 1. The van der Waals surface area contributed by atoms with Crippen LogP contribution in [0.15, 0.2) is 36.4 Å². The Hall–Kier alpha value is -2.73. The second-order valence-electron chi connectivity index (χ2n) is 7.29. The van der Waals surface area contributed by atoms with Gasteiger partial charge in [-0.3, -0.25) is 4.79 Å². The molecule has 0 spiro atoms. The molecule has 1 atom stereocenters. The van der Waals surface area contributed by atoms with E-state index in [1.165, 1.54) is 17.3 Å². The number of rotatable bonds is 3. The van der Waals surface area contributed by atoms with Crippen LogP contribution in [-0.2, 0) is 12.8 Å². The van der Waals surface area contributed by atoms with E-state index in [9.17, 15) is 13.6 Å². The normalized spacial score (nSPS) is 16.6. The Morgan fingerprint density at radius 2 is 1.96 bits per heavy atom. The molecular formula is C21H21F2N3O. The molecular weight excluding hydrogens is 348 g/mol. The molecule has 0 saturated carbocycles. The van der Waals surface area contributed by atoms with Gasteiger partial charge >= 0.3 is 0 Å². The van der Waals surface area contributed by atoms with Gasteiger partial charge in [0.15, 0.2) is 11.6 Å². The van der Waals surface area contributed by atoms with Gasteiger partial charge in [0.1, 0.15) is 0 Å². The molecule has 4 rings (SSSR count). The summed E-state index contributed by atoms with van der Waals surface area (Å²) >= 11 is 0. The lowest BCUT2D eigenvalue weighted by molar-refractivity contribution is 0.102. The molecule has 6 heteroatoms. The van der Waals surface area contributed by atoms with Gasteiger partial charge in [-0.05, 0) is 75.3 Å². The van der Waals surface area contributed by atoms with Crippen molar-refractivity contribution >= 4 is 22.5 Å². The van der Waals surface area contributed by atoms with Gasteiger partial charge in [-0.25, -0.2) is 8.78 Å². The fourth-order valence-electron chi connectivity index (χ4n) is 3.76. The van der Waals surface area contributed by atoms with Crippen molar-refractivity contribution in [3.63, 3.8) is 0 Å². The van der Waals surface area contributed by atoms with E-state index in [4.69, 9.17) is 0 Å². The fraction of sp³-hybridized carbons (Fsp3) is 0.286. The summed E-state index contributed by atoms with van der Waals surface area (Å²) in [6, 6.07) is 9.33. The Kier molecular flexibility index (Phi) is 4.44. The number of aromatic amines is 1. The highest BCUT2D eigenvalue weighted by molar-refractivity contribution is 6.05. The number of amides is 1. The molecule has 1 amide bonds. The third-order valence-electron chi connectivity index (χ3n) is 5.33. The molecule has 1 aromatic heterocycles. The van der Waals surface area contributed by atoms with Crippen LogP contribution >= 0.6 is 0 Å². The van der Waals surface area contributed by atoms with Crippen LogP contribution in [0, 0.1) is 11.6 Å². The van der Waals surface area contributed by atoms with Crippen LogP contribution in [0.25, 0.3) is 10.9 Å². The second-order valence-corrected chi connectivity index (χ2v) is 7.29. The predicted octanol–water partition coefficient (Wildman–Crippen LogP) is 4.12. The first-order chi connectivity index (χ1) is 12.9. The average molecular weight is 369 g/mol. The minimum absolute atomic E-state index is 0.0813. The van der Waals surface area contributed by atoms with Gasteiger partial charge in [-0.15, -0.1) is 0 Å². The molecule has 3 aromatic rings. The zero-order valence-corrected chi connectivity index (χ0v) is 15.3. The van der Waals surface area contributed by atoms with Gasteiger partial charge in [-0.2, -0.15) is 0 Å². The quantitative estimate of drug-likeness (QED) is 0.730. The summed E-state index contributed by atoms with van der Waals surface area (Å²) in [6.07, 6.45) is 3.08. The number of likely N-dealkylation sites (N-methyl/N-ethyl adjacent to an activating group) is 1. The summed E-state index contributed by atoms with van der Waals surface area (Å²) in [5.41, 5.74) is 4.31. The highest BCUT2D eigenvalue weighted by atomic mass is 19.2. The van der Waals surface area contributed by atoms with Crippen LogP contribution in [0.3, 0.4) is 0 Å². The van der Waals surface area contributed by atoms with Crippen LogP contribution in [0.2, 0.25) is 0 Å². The number of halogens is 2. The molecule has 140 valence electrons. The van der Waals surface area contributed by atoms with Crippen molar-refractivity contribution in [2.45, 2.75) is 25.3 Å². The summed E-state index contributed by atoms with van der Waals surface area (Å²) < 4.78 is 26.4. The number of aryl methyl sites for hydroxylation is 1. The SMILES string of the molecule is CN(C)C1CCc2[nH]c3ccc(NC(=O)c4ccc(F)c(F)c4)cc3c2C1. The third-order valence-corrected chi connectivity index (χ3v) is 5.33. The molecule has 0 radical (unpaired) electrons. The van der Waals surface area contributed by atoms with E-state index in [2.05, 4.69) is 29.3 Å². The molecule has 0 fully saturated rings. The first-order valence-corrected chi connectivity index (χ1v) is 8.98. The lowest BCUT2D eigenvalue weighted by atomic mass is 9.91. The number of fused-ring (bicyclic) bond motifs is 3. The van der Waals surface area contributed by atoms with Crippen molar-refractivity contribution in [2.24, 2.45) is 0 Å². The van der Waals surface area contributed by atoms with Gasteiger partial charge in [0.25, 0.3) is 5.91 Å². The Labute approximate surface area is 156 Å². The monoisotopic (exact) mass is 369 g/mol. The molecule has 1 unspecified atom stereocenters. The summed E-state index contributed by atoms with van der Waals surface area (Å²) in [4.78, 5) is 18.1. The zero-order valence-electron chi connectivity index (χ0n) is 15.3. The number of carbonyl (C=O) groups is 1. The molecule has 0 saturated heterocycles. The standard InChI is InChI=1S/C21H21F2N3O/c1-26(2)14-5-8-20-16(11-14)15-10-13(4-7-19(15)25-20)24-21(27)12-3-6-17(22)18(23)9-12/h3-4,6-7,9-10,14,25H,5,8,11H2,1-2H3,(H,24,27). The van der Waals surface area contributed by atoms with Crippen LogP contribution in [0.1, 0.15) is 28.0 Å². The van der Waals surface area contributed by atoms with Gasteiger partial charge < -0.3 is 15.2 Å². The summed E-state index contributed by atoms with van der Waals surface area (Å²) in [7, 11) is 4.19. The predicted molar refractivity (Wildman–Crippen MR) is 102 cm³/mol. The number of benzene rings is 2. The minimum Gasteiger partial charge on any atom is -0.358 e. The molecule has 4 nitrogen and oxygen atoms in total. The van der Waals surface area contributed by atoms with E-state index in [0.717, 1.165) is 42.3 Å². The number of hydrogen-bond acceptors (Lipinski definition) is 2. The van der Waals surface area contributed by atoms with E-state index < -0.39 is 17.5 Å². The lowest BCUT2D eigenvalue weighted by Gasteiger charge is -2.28. The highest BCUT2D eigenvalue weighted by Crippen LogP contribution is 2.32. The lowest BCUT2D eigenvalue weighted by Crippen LogP contribution is -2.33. The summed E-state index contributed by atoms with van der Waals surface area (Å²) in [5.74, 6) is -2.47. The van der Waals surface area contributed by atoms with Crippen molar-refractivity contribution in [3.8, 4) is 0 Å². The van der Waals surface area contributed by atoms with E-state index in [1.807, 2.05) is 18.2 Å². The van der Waals surface area contributed by atoms with Crippen LogP contribution in [0.5, 0.6) is 0 Å². The number of nitrogens with zero attached hydrogens (tertiary/aromatic N) is 1. The molecule has 1 heterocycles. The largest absolute Gasteiger partial charge is 0.358 e. The molecule has 2 aromatic carbocycles.